The van der Waals surface area contributed by atoms with Gasteiger partial charge < -0.3 is 5.32 Å². The fraction of sp³-hybridized carbons (Fsp3) is 0.200. The van der Waals surface area contributed by atoms with Gasteiger partial charge in [-0.3, -0.25) is 0 Å². The van der Waals surface area contributed by atoms with E-state index >= 15 is 0 Å². The summed E-state index contributed by atoms with van der Waals surface area (Å²) in [5.74, 6) is -0.328. The van der Waals surface area contributed by atoms with Gasteiger partial charge in [0.25, 0.3) is 0 Å². The van der Waals surface area contributed by atoms with E-state index in [1.54, 1.807) is 6.07 Å². The van der Waals surface area contributed by atoms with E-state index in [4.69, 9.17) is 11.6 Å². The number of halogens is 2. The Labute approximate surface area is 112 Å². The lowest BCUT2D eigenvalue weighted by molar-refractivity contribution is 0.628. The van der Waals surface area contributed by atoms with Crippen molar-refractivity contribution in [1.29, 1.82) is 0 Å². The van der Waals surface area contributed by atoms with Crippen LogP contribution in [0, 0.1) is 19.7 Å². The first-order valence-electron chi connectivity index (χ1n) is 5.80. The molecule has 0 radical (unpaired) electrons. The van der Waals surface area contributed by atoms with Crippen LogP contribution in [0.5, 0.6) is 0 Å². The van der Waals surface area contributed by atoms with E-state index in [2.05, 4.69) is 37.4 Å². The lowest BCUT2D eigenvalue weighted by Gasteiger charge is -2.09. The molecule has 0 bridgehead atoms. The maximum Gasteiger partial charge on any atom is 0.126 e. The molecule has 1 nitrogen and oxygen atoms in total. The van der Waals surface area contributed by atoms with Crippen molar-refractivity contribution in [1.82, 2.24) is 0 Å². The molecule has 18 heavy (non-hydrogen) atoms. The summed E-state index contributed by atoms with van der Waals surface area (Å²) in [6, 6.07) is 10.8. The van der Waals surface area contributed by atoms with Crippen molar-refractivity contribution in [2.24, 2.45) is 0 Å². The SMILES string of the molecule is Cc1cc(C)cc(CNc2cc(F)cc(Cl)c2)c1. The average Bonchev–Trinajstić information content (AvgIpc) is 2.23. The third-order valence-corrected chi connectivity index (χ3v) is 2.86. The zero-order valence-corrected chi connectivity index (χ0v) is 11.2. The highest BCUT2D eigenvalue weighted by Crippen LogP contribution is 2.19. The molecule has 94 valence electrons. The van der Waals surface area contributed by atoms with Crippen molar-refractivity contribution in [3.63, 3.8) is 0 Å². The quantitative estimate of drug-likeness (QED) is 0.846. The summed E-state index contributed by atoms with van der Waals surface area (Å²) in [6.07, 6.45) is 0. The standard InChI is InChI=1S/C15H15ClFN/c1-10-3-11(2)5-12(4-10)9-18-15-7-13(16)6-14(17)8-15/h3-8,18H,9H2,1-2H3. The molecule has 0 saturated carbocycles. The lowest BCUT2D eigenvalue weighted by Crippen LogP contribution is -2.00. The van der Waals surface area contributed by atoms with Crippen molar-refractivity contribution in [3.8, 4) is 0 Å². The molecule has 0 unspecified atom stereocenters. The van der Waals surface area contributed by atoms with Crippen LogP contribution in [-0.2, 0) is 6.54 Å². The number of nitrogens with one attached hydrogen (secondary N) is 1. The average molecular weight is 264 g/mol. The zero-order chi connectivity index (χ0) is 13.1. The van der Waals surface area contributed by atoms with E-state index in [9.17, 15) is 4.39 Å². The Bertz CT molecular complexity index is 474. The molecule has 0 aliphatic rings. The fourth-order valence-electron chi connectivity index (χ4n) is 2.03. The van der Waals surface area contributed by atoms with Gasteiger partial charge in [0.05, 0.1) is 0 Å². The van der Waals surface area contributed by atoms with Gasteiger partial charge in [-0.05, 0) is 37.6 Å². The number of aryl methyl sites for hydroxylation is 2. The minimum Gasteiger partial charge on any atom is -0.381 e. The lowest BCUT2D eigenvalue weighted by atomic mass is 10.1. The fourth-order valence-corrected chi connectivity index (χ4v) is 2.25. The molecule has 0 atom stereocenters. The van der Waals surface area contributed by atoms with Crippen molar-refractivity contribution < 1.29 is 4.39 Å². The summed E-state index contributed by atoms with van der Waals surface area (Å²) in [6.45, 7) is 4.79. The van der Waals surface area contributed by atoms with Crippen LogP contribution in [0.4, 0.5) is 10.1 Å². The number of hydrogen-bond donors (Lipinski definition) is 1. The Morgan fingerprint density at radius 2 is 1.67 bits per heavy atom. The molecule has 2 aromatic rings. The van der Waals surface area contributed by atoms with Gasteiger partial charge in [-0.1, -0.05) is 40.9 Å². The maximum atomic E-state index is 13.2. The molecule has 0 saturated heterocycles. The topological polar surface area (TPSA) is 12.0 Å². The first kappa shape index (κ1) is 12.9. The maximum absolute atomic E-state index is 13.2. The predicted molar refractivity (Wildman–Crippen MR) is 74.7 cm³/mol. The first-order valence-corrected chi connectivity index (χ1v) is 6.18. The molecule has 2 rings (SSSR count). The minimum absolute atomic E-state index is 0.328. The van der Waals surface area contributed by atoms with E-state index in [1.807, 2.05) is 0 Å². The van der Waals surface area contributed by atoms with Gasteiger partial charge in [0.15, 0.2) is 0 Å². The van der Waals surface area contributed by atoms with Gasteiger partial charge in [-0.2, -0.15) is 0 Å². The highest BCUT2D eigenvalue weighted by atomic mass is 35.5. The van der Waals surface area contributed by atoms with E-state index in [-0.39, 0.29) is 5.82 Å². The summed E-state index contributed by atoms with van der Waals surface area (Å²) in [5, 5.41) is 3.57. The molecule has 1 N–H and O–H groups in total. The Hall–Kier alpha value is -1.54. The summed E-state index contributed by atoms with van der Waals surface area (Å²) >= 11 is 5.80. The number of hydrogen-bond acceptors (Lipinski definition) is 1. The second kappa shape index (κ2) is 5.40. The van der Waals surface area contributed by atoms with E-state index in [0.717, 1.165) is 0 Å². The van der Waals surface area contributed by atoms with Crippen molar-refractivity contribution in [3.05, 3.63) is 63.9 Å². The van der Waals surface area contributed by atoms with Gasteiger partial charge in [0.1, 0.15) is 5.82 Å². The molecule has 3 heteroatoms. The zero-order valence-electron chi connectivity index (χ0n) is 10.4. The summed E-state index contributed by atoms with van der Waals surface area (Å²) in [5.41, 5.74) is 4.32. The van der Waals surface area contributed by atoms with Crippen molar-refractivity contribution >= 4 is 17.3 Å². The Kier molecular flexibility index (Phi) is 3.87. The summed E-state index contributed by atoms with van der Waals surface area (Å²) in [7, 11) is 0. The van der Waals surface area contributed by atoms with Crippen LogP contribution in [0.25, 0.3) is 0 Å². The van der Waals surface area contributed by atoms with Crippen LogP contribution < -0.4 is 5.32 Å². The monoisotopic (exact) mass is 263 g/mol. The summed E-state index contributed by atoms with van der Waals surface area (Å²) < 4.78 is 13.2. The van der Waals surface area contributed by atoms with Gasteiger partial charge in [0, 0.05) is 17.3 Å². The van der Waals surface area contributed by atoms with Crippen LogP contribution >= 0.6 is 11.6 Å². The largest absolute Gasteiger partial charge is 0.381 e. The third-order valence-electron chi connectivity index (χ3n) is 2.64. The van der Waals surface area contributed by atoms with Gasteiger partial charge in [-0.25, -0.2) is 4.39 Å². The molecular formula is C15H15ClFN. The van der Waals surface area contributed by atoms with Gasteiger partial charge in [-0.15, -0.1) is 0 Å². The molecule has 0 amide bonds. The van der Waals surface area contributed by atoms with Crippen LogP contribution in [0.3, 0.4) is 0 Å². The molecule has 0 aromatic heterocycles. The smallest absolute Gasteiger partial charge is 0.126 e. The van der Waals surface area contributed by atoms with Crippen molar-refractivity contribution in [2.75, 3.05) is 5.32 Å². The minimum atomic E-state index is -0.328. The molecular weight excluding hydrogens is 249 g/mol. The Morgan fingerprint density at radius 3 is 2.28 bits per heavy atom. The van der Waals surface area contributed by atoms with Crippen LogP contribution in [0.1, 0.15) is 16.7 Å². The molecule has 0 aliphatic heterocycles. The number of rotatable bonds is 3. The number of benzene rings is 2. The molecule has 0 aliphatic carbocycles. The van der Waals surface area contributed by atoms with E-state index in [1.165, 1.54) is 28.8 Å². The van der Waals surface area contributed by atoms with Crippen LogP contribution in [0.15, 0.2) is 36.4 Å². The number of anilines is 1. The van der Waals surface area contributed by atoms with E-state index in [0.29, 0.717) is 17.3 Å². The Morgan fingerprint density at radius 1 is 1.00 bits per heavy atom. The second-order valence-corrected chi connectivity index (χ2v) is 4.94. The highest BCUT2D eigenvalue weighted by Gasteiger charge is 2.00. The predicted octanol–water partition coefficient (Wildman–Crippen LogP) is 4.71. The van der Waals surface area contributed by atoms with Crippen LogP contribution in [0.2, 0.25) is 5.02 Å². The normalized spacial score (nSPS) is 10.4. The van der Waals surface area contributed by atoms with Crippen LogP contribution in [-0.4, -0.2) is 0 Å². The van der Waals surface area contributed by atoms with Gasteiger partial charge in [0.2, 0.25) is 0 Å². The molecule has 0 fully saturated rings. The van der Waals surface area contributed by atoms with Gasteiger partial charge >= 0.3 is 0 Å². The first-order chi connectivity index (χ1) is 8.52. The molecule has 2 aromatic carbocycles. The van der Waals surface area contributed by atoms with Crippen molar-refractivity contribution in [2.45, 2.75) is 20.4 Å². The van der Waals surface area contributed by atoms with E-state index < -0.39 is 0 Å². The highest BCUT2D eigenvalue weighted by molar-refractivity contribution is 6.30. The summed E-state index contributed by atoms with van der Waals surface area (Å²) in [4.78, 5) is 0. The Balaban J connectivity index is 2.11. The second-order valence-electron chi connectivity index (χ2n) is 4.51. The molecule has 0 spiro atoms. The third kappa shape index (κ3) is 3.47. The molecule has 0 heterocycles.